The van der Waals surface area contributed by atoms with Gasteiger partial charge in [-0.1, -0.05) is 20.8 Å². The number of aromatic nitrogens is 3. The first-order chi connectivity index (χ1) is 9.70. The maximum absolute atomic E-state index is 12.6. The highest BCUT2D eigenvalue weighted by atomic mass is 16.2. The molecular formula is C15H20N4O2. The summed E-state index contributed by atoms with van der Waals surface area (Å²) in [4.78, 5) is 29.7. The summed E-state index contributed by atoms with van der Waals surface area (Å²) < 4.78 is 1.37. The van der Waals surface area contributed by atoms with Gasteiger partial charge in [-0.25, -0.2) is 0 Å². The van der Waals surface area contributed by atoms with Crippen molar-refractivity contribution < 1.29 is 4.79 Å². The zero-order valence-corrected chi connectivity index (χ0v) is 13.0. The van der Waals surface area contributed by atoms with Crippen LogP contribution in [0.1, 0.15) is 56.4 Å². The van der Waals surface area contributed by atoms with Crippen LogP contribution < -0.4 is 5.56 Å². The Morgan fingerprint density at radius 3 is 2.52 bits per heavy atom. The van der Waals surface area contributed by atoms with Crippen LogP contribution in [0.3, 0.4) is 0 Å². The highest BCUT2D eigenvalue weighted by molar-refractivity contribution is 5.96. The first-order valence-corrected chi connectivity index (χ1v) is 7.16. The molecule has 1 N–H and O–H groups in total. The van der Waals surface area contributed by atoms with Crippen LogP contribution in [0.2, 0.25) is 0 Å². The van der Waals surface area contributed by atoms with Gasteiger partial charge in [0.2, 0.25) is 0 Å². The Labute approximate surface area is 122 Å². The van der Waals surface area contributed by atoms with Crippen molar-refractivity contribution in [3.63, 3.8) is 0 Å². The van der Waals surface area contributed by atoms with Crippen LogP contribution in [0.5, 0.6) is 0 Å². The maximum Gasteiger partial charge on any atom is 0.280 e. The Kier molecular flexibility index (Phi) is 2.77. The molecule has 1 aliphatic heterocycles. The van der Waals surface area contributed by atoms with E-state index in [0.29, 0.717) is 23.4 Å². The number of carbonyl (C=O) groups excluding carboxylic acids is 1. The molecule has 6 heteroatoms. The van der Waals surface area contributed by atoms with Crippen molar-refractivity contribution in [2.45, 2.75) is 52.6 Å². The second-order valence-corrected chi connectivity index (χ2v) is 6.89. The minimum Gasteiger partial charge on any atom is -0.335 e. The molecule has 6 nitrogen and oxygen atoms in total. The smallest absolute Gasteiger partial charge is 0.280 e. The lowest BCUT2D eigenvalue weighted by Crippen LogP contribution is -2.31. The molecule has 0 aliphatic carbocycles. The molecule has 0 aromatic carbocycles. The predicted octanol–water partition coefficient (Wildman–Crippen LogP) is 1.68. The molecule has 21 heavy (non-hydrogen) atoms. The van der Waals surface area contributed by atoms with Crippen molar-refractivity contribution in [3.8, 4) is 0 Å². The molecule has 0 saturated heterocycles. The molecule has 0 spiro atoms. The molecule has 3 heterocycles. The summed E-state index contributed by atoms with van der Waals surface area (Å²) in [5, 5.41) is 4.40. The van der Waals surface area contributed by atoms with E-state index in [4.69, 9.17) is 0 Å². The number of nitrogens with one attached hydrogen (secondary N) is 1. The van der Waals surface area contributed by atoms with Crippen LogP contribution >= 0.6 is 0 Å². The number of hydrogen-bond acceptors (Lipinski definition) is 3. The summed E-state index contributed by atoms with van der Waals surface area (Å²) in [5.41, 5.74) is 1.96. The lowest BCUT2D eigenvalue weighted by atomic mass is 9.93. The fourth-order valence-electron chi connectivity index (χ4n) is 2.56. The number of amides is 1. The topological polar surface area (TPSA) is 70.5 Å². The van der Waals surface area contributed by atoms with E-state index in [1.54, 1.807) is 4.90 Å². The molecule has 0 fully saturated rings. The summed E-state index contributed by atoms with van der Waals surface area (Å²) in [6.45, 7) is 10.4. The van der Waals surface area contributed by atoms with Gasteiger partial charge in [-0.2, -0.15) is 9.61 Å². The number of aromatic amines is 1. The van der Waals surface area contributed by atoms with E-state index in [0.717, 1.165) is 5.69 Å². The molecule has 1 aliphatic rings. The molecule has 0 saturated carbocycles. The van der Waals surface area contributed by atoms with E-state index < -0.39 is 0 Å². The minimum absolute atomic E-state index is 0.0650. The molecule has 1 amide bonds. The van der Waals surface area contributed by atoms with Crippen molar-refractivity contribution >= 4 is 11.6 Å². The fourth-order valence-corrected chi connectivity index (χ4v) is 2.56. The quantitative estimate of drug-likeness (QED) is 0.868. The van der Waals surface area contributed by atoms with Gasteiger partial charge in [0.05, 0.1) is 17.8 Å². The molecule has 112 valence electrons. The van der Waals surface area contributed by atoms with Gasteiger partial charge in [0, 0.05) is 17.5 Å². The molecular weight excluding hydrogens is 268 g/mol. The molecule has 0 atom stereocenters. The van der Waals surface area contributed by atoms with Crippen molar-refractivity contribution in [1.29, 1.82) is 0 Å². The number of fused-ring (bicyclic) bond motifs is 2. The van der Waals surface area contributed by atoms with E-state index in [1.165, 1.54) is 4.52 Å². The van der Waals surface area contributed by atoms with Crippen LogP contribution in [0, 0.1) is 0 Å². The average Bonchev–Trinajstić information content (AvgIpc) is 2.92. The van der Waals surface area contributed by atoms with Gasteiger partial charge in [-0.3, -0.25) is 9.59 Å². The third kappa shape index (κ3) is 1.97. The van der Waals surface area contributed by atoms with Crippen molar-refractivity contribution in [1.82, 2.24) is 19.5 Å². The van der Waals surface area contributed by atoms with Gasteiger partial charge in [0.25, 0.3) is 11.5 Å². The van der Waals surface area contributed by atoms with E-state index in [1.807, 2.05) is 40.7 Å². The Hall–Kier alpha value is -2.11. The van der Waals surface area contributed by atoms with Crippen molar-refractivity contribution in [3.05, 3.63) is 33.4 Å². The fraction of sp³-hybridized carbons (Fsp3) is 0.533. The van der Waals surface area contributed by atoms with Gasteiger partial charge < -0.3 is 9.88 Å². The highest BCUT2D eigenvalue weighted by Gasteiger charge is 2.33. The first kappa shape index (κ1) is 13.9. The maximum atomic E-state index is 12.6. The SMILES string of the molecule is CC(C)N1Cc2c([nH]c3cc(C(C)(C)C)nn3c2=O)C1=O. The van der Waals surface area contributed by atoms with Crippen LogP contribution in [0.4, 0.5) is 0 Å². The van der Waals surface area contributed by atoms with E-state index in [2.05, 4.69) is 10.1 Å². The second-order valence-electron chi connectivity index (χ2n) is 6.89. The van der Waals surface area contributed by atoms with Crippen molar-refractivity contribution in [2.75, 3.05) is 0 Å². The second kappa shape index (κ2) is 4.19. The molecule has 2 aromatic rings. The lowest BCUT2D eigenvalue weighted by molar-refractivity contribution is 0.0726. The zero-order chi connectivity index (χ0) is 15.5. The van der Waals surface area contributed by atoms with Gasteiger partial charge in [0.15, 0.2) is 0 Å². The van der Waals surface area contributed by atoms with E-state index >= 15 is 0 Å². The summed E-state index contributed by atoms with van der Waals surface area (Å²) in [6, 6.07) is 1.91. The van der Waals surface area contributed by atoms with Crippen LogP contribution in [-0.2, 0) is 12.0 Å². The Morgan fingerprint density at radius 1 is 1.29 bits per heavy atom. The monoisotopic (exact) mass is 288 g/mol. The third-order valence-electron chi connectivity index (χ3n) is 3.91. The number of H-pyrrole nitrogens is 1. The Balaban J connectivity index is 2.22. The number of hydrogen-bond donors (Lipinski definition) is 1. The third-order valence-corrected chi connectivity index (χ3v) is 3.91. The van der Waals surface area contributed by atoms with Gasteiger partial charge in [0.1, 0.15) is 11.3 Å². The van der Waals surface area contributed by atoms with Gasteiger partial charge in [-0.15, -0.1) is 0 Å². The molecule has 3 rings (SSSR count). The van der Waals surface area contributed by atoms with Crippen LogP contribution in [-0.4, -0.2) is 31.4 Å². The lowest BCUT2D eigenvalue weighted by Gasteiger charge is -2.19. The molecule has 2 aromatic heterocycles. The van der Waals surface area contributed by atoms with E-state index in [-0.39, 0.29) is 22.9 Å². The summed E-state index contributed by atoms with van der Waals surface area (Å²) >= 11 is 0. The van der Waals surface area contributed by atoms with Crippen molar-refractivity contribution in [2.24, 2.45) is 0 Å². The van der Waals surface area contributed by atoms with E-state index in [9.17, 15) is 9.59 Å². The molecule has 0 bridgehead atoms. The first-order valence-electron chi connectivity index (χ1n) is 7.16. The highest BCUT2D eigenvalue weighted by Crippen LogP contribution is 2.24. The number of carbonyl (C=O) groups is 1. The normalized spacial score (nSPS) is 15.3. The number of rotatable bonds is 1. The summed E-state index contributed by atoms with van der Waals surface area (Å²) in [7, 11) is 0. The average molecular weight is 288 g/mol. The minimum atomic E-state index is -0.203. The van der Waals surface area contributed by atoms with Crippen LogP contribution in [0.25, 0.3) is 5.65 Å². The van der Waals surface area contributed by atoms with Crippen LogP contribution in [0.15, 0.2) is 10.9 Å². The van der Waals surface area contributed by atoms with Gasteiger partial charge in [-0.05, 0) is 13.8 Å². The molecule has 0 unspecified atom stereocenters. The number of nitrogens with zero attached hydrogens (tertiary/aromatic N) is 3. The Bertz CT molecular complexity index is 792. The Morgan fingerprint density at radius 2 is 1.95 bits per heavy atom. The summed E-state index contributed by atoms with van der Waals surface area (Å²) in [5.74, 6) is -0.113. The molecule has 0 radical (unpaired) electrons. The standard InChI is InChI=1S/C15H20N4O2/c1-8(2)18-7-9-12(14(18)21)16-11-6-10(15(3,4)5)17-19(11)13(9)20/h6,8,16H,7H2,1-5H3. The van der Waals surface area contributed by atoms with Gasteiger partial charge >= 0.3 is 0 Å². The largest absolute Gasteiger partial charge is 0.335 e. The summed E-state index contributed by atoms with van der Waals surface area (Å²) in [6.07, 6.45) is 0. The predicted molar refractivity (Wildman–Crippen MR) is 79.5 cm³/mol. The zero-order valence-electron chi connectivity index (χ0n) is 13.0.